The lowest BCUT2D eigenvalue weighted by molar-refractivity contribution is -1.23. The first-order valence-electron chi connectivity index (χ1n) is 2.64. The molecule has 54 valence electrons. The van der Waals surface area contributed by atoms with Gasteiger partial charge in [0.25, 0.3) is 0 Å². The SMILES string of the molecule is C=CCC(C)[N+]([O-])(O)O. The van der Waals surface area contributed by atoms with Crippen LogP contribution >= 0.6 is 0 Å². The predicted octanol–water partition coefficient (Wildman–Crippen LogP) is 1.04. The molecule has 0 spiro atoms. The van der Waals surface area contributed by atoms with E-state index >= 15 is 0 Å². The Kier molecular flexibility index (Phi) is 2.80. The molecule has 0 saturated carbocycles. The highest BCUT2D eigenvalue weighted by atomic mass is 17.1. The summed E-state index contributed by atoms with van der Waals surface area (Å²) in [6.45, 7) is 4.77. The van der Waals surface area contributed by atoms with Crippen LogP contribution in [-0.2, 0) is 0 Å². The maximum absolute atomic E-state index is 10.2. The molecule has 0 amide bonds. The molecule has 0 aliphatic rings. The van der Waals surface area contributed by atoms with Gasteiger partial charge in [-0.2, -0.15) is 10.4 Å². The molecule has 0 fully saturated rings. The third kappa shape index (κ3) is 3.21. The van der Waals surface area contributed by atoms with Crippen molar-refractivity contribution in [2.45, 2.75) is 19.4 Å². The van der Waals surface area contributed by atoms with Crippen LogP contribution in [-0.4, -0.2) is 21.4 Å². The molecule has 0 aromatic rings. The van der Waals surface area contributed by atoms with E-state index in [0.29, 0.717) is 0 Å². The van der Waals surface area contributed by atoms with Crippen molar-refractivity contribution in [2.24, 2.45) is 0 Å². The van der Waals surface area contributed by atoms with Gasteiger partial charge in [0.05, 0.1) is 0 Å². The second-order valence-corrected chi connectivity index (χ2v) is 1.96. The van der Waals surface area contributed by atoms with Gasteiger partial charge >= 0.3 is 0 Å². The Hall–Kier alpha value is -0.420. The number of nitrogens with zero attached hydrogens (tertiary/aromatic N) is 1. The number of quaternary nitrogens is 1. The average molecular weight is 133 g/mol. The minimum atomic E-state index is -2.23. The minimum absolute atomic E-state index is 0.288. The summed E-state index contributed by atoms with van der Waals surface area (Å²) in [4.78, 5) is -2.23. The van der Waals surface area contributed by atoms with Gasteiger partial charge in [-0.1, -0.05) is 11.0 Å². The molecular weight excluding hydrogens is 122 g/mol. The first kappa shape index (κ1) is 8.58. The van der Waals surface area contributed by atoms with Crippen LogP contribution in [0, 0.1) is 5.21 Å². The highest BCUT2D eigenvalue weighted by molar-refractivity contribution is 4.69. The topological polar surface area (TPSA) is 63.5 Å². The fraction of sp³-hybridized carbons (Fsp3) is 0.600. The van der Waals surface area contributed by atoms with Crippen LogP contribution in [0.25, 0.3) is 0 Å². The van der Waals surface area contributed by atoms with Crippen molar-refractivity contribution in [1.82, 2.24) is 0 Å². The first-order chi connectivity index (χ1) is 3.98. The quantitative estimate of drug-likeness (QED) is 0.343. The van der Waals surface area contributed by atoms with Gasteiger partial charge in [0.2, 0.25) is 0 Å². The first-order valence-corrected chi connectivity index (χ1v) is 2.64. The summed E-state index contributed by atoms with van der Waals surface area (Å²) in [7, 11) is 0. The zero-order valence-electron chi connectivity index (χ0n) is 5.32. The number of rotatable bonds is 3. The van der Waals surface area contributed by atoms with E-state index in [4.69, 9.17) is 10.4 Å². The van der Waals surface area contributed by atoms with E-state index < -0.39 is 11.0 Å². The van der Waals surface area contributed by atoms with Crippen molar-refractivity contribution in [3.8, 4) is 0 Å². The fourth-order valence-corrected chi connectivity index (χ4v) is 0.379. The Bertz CT molecular complexity index is 96.9. The molecule has 0 aromatic heterocycles. The van der Waals surface area contributed by atoms with Crippen LogP contribution in [0.1, 0.15) is 13.3 Å². The Morgan fingerprint density at radius 1 is 1.78 bits per heavy atom. The van der Waals surface area contributed by atoms with Gasteiger partial charge in [0.1, 0.15) is 0 Å². The lowest BCUT2D eigenvalue weighted by Gasteiger charge is -2.29. The number of hydroxylamine groups is 3. The molecule has 4 nitrogen and oxygen atoms in total. The molecule has 0 aliphatic heterocycles. The van der Waals surface area contributed by atoms with E-state index in [2.05, 4.69) is 6.58 Å². The second-order valence-electron chi connectivity index (χ2n) is 1.96. The normalized spacial score (nSPS) is 15.1. The van der Waals surface area contributed by atoms with E-state index in [0.717, 1.165) is 0 Å². The van der Waals surface area contributed by atoms with Gasteiger partial charge in [0.15, 0.2) is 6.04 Å². The Morgan fingerprint density at radius 3 is 2.33 bits per heavy atom. The molecule has 0 heterocycles. The van der Waals surface area contributed by atoms with Crippen LogP contribution in [0.2, 0.25) is 0 Å². The van der Waals surface area contributed by atoms with Gasteiger partial charge in [-0.25, -0.2) is 0 Å². The van der Waals surface area contributed by atoms with Gasteiger partial charge in [-0.15, -0.1) is 6.58 Å². The van der Waals surface area contributed by atoms with E-state index in [-0.39, 0.29) is 6.42 Å². The third-order valence-corrected chi connectivity index (χ3v) is 1.08. The maximum atomic E-state index is 10.2. The summed E-state index contributed by atoms with van der Waals surface area (Å²) in [5.74, 6) is 0. The molecule has 0 aromatic carbocycles. The summed E-state index contributed by atoms with van der Waals surface area (Å²) in [6.07, 6.45) is 1.75. The third-order valence-electron chi connectivity index (χ3n) is 1.08. The Morgan fingerprint density at radius 2 is 2.22 bits per heavy atom. The zero-order valence-corrected chi connectivity index (χ0v) is 5.32. The maximum Gasteiger partial charge on any atom is 0.152 e. The van der Waals surface area contributed by atoms with Crippen LogP contribution in [0.5, 0.6) is 0 Å². The second kappa shape index (κ2) is 2.93. The van der Waals surface area contributed by atoms with Crippen LogP contribution in [0.4, 0.5) is 0 Å². The molecule has 9 heavy (non-hydrogen) atoms. The van der Waals surface area contributed by atoms with Gasteiger partial charge < -0.3 is 5.21 Å². The Balaban J connectivity index is 3.72. The predicted molar refractivity (Wildman–Crippen MR) is 31.5 cm³/mol. The zero-order chi connectivity index (χ0) is 7.49. The van der Waals surface area contributed by atoms with Crippen molar-refractivity contribution in [1.29, 1.82) is 0 Å². The van der Waals surface area contributed by atoms with Crippen molar-refractivity contribution in [2.75, 3.05) is 0 Å². The fourth-order valence-electron chi connectivity index (χ4n) is 0.379. The summed E-state index contributed by atoms with van der Waals surface area (Å²) in [5.41, 5.74) is 0. The van der Waals surface area contributed by atoms with Gasteiger partial charge in [0, 0.05) is 6.42 Å². The molecular formula is C5H11NO3. The summed E-state index contributed by atoms with van der Waals surface area (Å²) in [6, 6.07) is -0.762. The molecule has 0 aliphatic carbocycles. The highest BCUT2D eigenvalue weighted by Crippen LogP contribution is 2.06. The lowest BCUT2D eigenvalue weighted by Crippen LogP contribution is -2.42. The van der Waals surface area contributed by atoms with Gasteiger partial charge in [-0.3, -0.25) is 0 Å². The standard InChI is InChI=1S/C5H11NO3/c1-3-4-5(2)6(7,8)9/h3,5,7-8H,1,4H2,2H3. The Labute approximate surface area is 53.7 Å². The molecule has 0 rings (SSSR count). The van der Waals surface area contributed by atoms with Crippen LogP contribution < -0.4 is 0 Å². The molecule has 4 heteroatoms. The molecule has 0 bridgehead atoms. The van der Waals surface area contributed by atoms with Crippen molar-refractivity contribution >= 4 is 0 Å². The van der Waals surface area contributed by atoms with Gasteiger partial charge in [-0.05, 0) is 6.92 Å². The molecule has 2 N–H and O–H groups in total. The summed E-state index contributed by atoms with van der Waals surface area (Å²) >= 11 is 0. The molecule has 1 atom stereocenters. The van der Waals surface area contributed by atoms with Crippen molar-refractivity contribution in [3.63, 3.8) is 0 Å². The van der Waals surface area contributed by atoms with Crippen molar-refractivity contribution < 1.29 is 15.4 Å². The molecule has 1 unspecified atom stereocenters. The summed E-state index contributed by atoms with van der Waals surface area (Å²) < 4.78 is 0. The monoisotopic (exact) mass is 133 g/mol. The van der Waals surface area contributed by atoms with Crippen LogP contribution in [0.15, 0.2) is 12.7 Å². The summed E-state index contributed by atoms with van der Waals surface area (Å²) in [5, 5.41) is 26.8. The minimum Gasteiger partial charge on any atom is -0.564 e. The largest absolute Gasteiger partial charge is 0.564 e. The number of hydrogen-bond donors (Lipinski definition) is 2. The van der Waals surface area contributed by atoms with E-state index in [1.807, 2.05) is 0 Å². The van der Waals surface area contributed by atoms with Crippen molar-refractivity contribution in [3.05, 3.63) is 17.9 Å². The lowest BCUT2D eigenvalue weighted by atomic mass is 10.2. The molecule has 0 saturated heterocycles. The smallest absolute Gasteiger partial charge is 0.152 e. The van der Waals surface area contributed by atoms with E-state index in [9.17, 15) is 5.21 Å². The van der Waals surface area contributed by atoms with E-state index in [1.54, 1.807) is 0 Å². The van der Waals surface area contributed by atoms with Crippen LogP contribution in [0.3, 0.4) is 0 Å². The highest BCUT2D eigenvalue weighted by Gasteiger charge is 2.18. The number of hydrogen-bond acceptors (Lipinski definition) is 3. The van der Waals surface area contributed by atoms with E-state index in [1.165, 1.54) is 13.0 Å². The average Bonchev–Trinajstić information content (AvgIpc) is 1.64. The molecule has 0 radical (unpaired) electrons.